The Morgan fingerprint density at radius 3 is 2.50 bits per heavy atom. The Kier molecular flexibility index (Phi) is 5.63. The van der Waals surface area contributed by atoms with E-state index in [4.69, 9.17) is 0 Å². The minimum absolute atomic E-state index is 0.0337. The van der Waals surface area contributed by atoms with E-state index in [-0.39, 0.29) is 11.5 Å². The van der Waals surface area contributed by atoms with Crippen molar-refractivity contribution in [2.75, 3.05) is 0 Å². The second-order valence-electron chi connectivity index (χ2n) is 6.15. The van der Waals surface area contributed by atoms with Crippen LogP contribution in [0.25, 0.3) is 10.9 Å². The number of nitrogens with one attached hydrogen (secondary N) is 2. The van der Waals surface area contributed by atoms with Gasteiger partial charge in [0.2, 0.25) is 5.91 Å². The smallest absolute Gasteiger partial charge is 0.328 e. The van der Waals surface area contributed by atoms with Gasteiger partial charge < -0.3 is 10.3 Å². The van der Waals surface area contributed by atoms with Crippen molar-refractivity contribution in [1.82, 2.24) is 14.9 Å². The number of amides is 1. The lowest BCUT2D eigenvalue weighted by molar-refractivity contribution is -0.121. The standard InChI is InChI=1S/C20H21N3O3/c24-18(21-14-15-8-2-1-3-9-15)12-6-7-13-23-19(25)16-10-4-5-11-17(16)22-20(23)26/h1-5,8-11H,6-7,12-14H2,(H,21,24)(H,22,26). The minimum atomic E-state index is -0.415. The Morgan fingerprint density at radius 1 is 0.962 bits per heavy atom. The molecular weight excluding hydrogens is 330 g/mol. The maximum absolute atomic E-state index is 12.4. The summed E-state index contributed by atoms with van der Waals surface area (Å²) in [5.41, 5.74) is 0.884. The Labute approximate surface area is 150 Å². The number of rotatable bonds is 7. The number of carbonyl (C=O) groups is 1. The molecule has 6 nitrogen and oxygen atoms in total. The monoisotopic (exact) mass is 351 g/mol. The molecule has 0 aliphatic heterocycles. The zero-order valence-electron chi connectivity index (χ0n) is 14.4. The molecule has 2 aromatic carbocycles. The molecule has 1 heterocycles. The maximum Gasteiger partial charge on any atom is 0.328 e. The van der Waals surface area contributed by atoms with Crippen molar-refractivity contribution in [1.29, 1.82) is 0 Å². The molecule has 0 spiro atoms. The van der Waals surface area contributed by atoms with Crippen LogP contribution in [0, 0.1) is 0 Å². The summed E-state index contributed by atoms with van der Waals surface area (Å²) in [5, 5.41) is 3.36. The highest BCUT2D eigenvalue weighted by atomic mass is 16.2. The third-order valence-corrected chi connectivity index (χ3v) is 4.26. The summed E-state index contributed by atoms with van der Waals surface area (Å²) in [7, 11) is 0. The molecule has 0 fully saturated rings. The predicted octanol–water partition coefficient (Wildman–Crippen LogP) is 2.18. The van der Waals surface area contributed by atoms with E-state index in [2.05, 4.69) is 10.3 Å². The van der Waals surface area contributed by atoms with Crippen LogP contribution in [0.4, 0.5) is 0 Å². The molecule has 0 atom stereocenters. The third-order valence-electron chi connectivity index (χ3n) is 4.26. The molecule has 0 saturated carbocycles. The first kappa shape index (κ1) is 17.7. The van der Waals surface area contributed by atoms with Gasteiger partial charge in [-0.1, -0.05) is 42.5 Å². The number of benzene rings is 2. The van der Waals surface area contributed by atoms with Crippen molar-refractivity contribution in [2.24, 2.45) is 0 Å². The number of fused-ring (bicyclic) bond motifs is 1. The summed E-state index contributed by atoms with van der Waals surface area (Å²) < 4.78 is 1.20. The molecule has 26 heavy (non-hydrogen) atoms. The van der Waals surface area contributed by atoms with Crippen molar-refractivity contribution in [2.45, 2.75) is 32.4 Å². The van der Waals surface area contributed by atoms with Crippen molar-refractivity contribution < 1.29 is 4.79 Å². The van der Waals surface area contributed by atoms with E-state index in [0.717, 1.165) is 5.56 Å². The van der Waals surface area contributed by atoms with Crippen LogP contribution in [0.1, 0.15) is 24.8 Å². The molecule has 1 aromatic heterocycles. The van der Waals surface area contributed by atoms with Crippen molar-refractivity contribution in [3.63, 3.8) is 0 Å². The maximum atomic E-state index is 12.4. The Bertz CT molecular complexity index is 1010. The molecule has 1 amide bonds. The lowest BCUT2D eigenvalue weighted by atomic mass is 10.2. The van der Waals surface area contributed by atoms with Crippen LogP contribution in [-0.2, 0) is 17.9 Å². The van der Waals surface area contributed by atoms with Gasteiger partial charge in [0.25, 0.3) is 5.56 Å². The van der Waals surface area contributed by atoms with E-state index in [1.54, 1.807) is 24.3 Å². The van der Waals surface area contributed by atoms with Gasteiger partial charge in [-0.3, -0.25) is 14.2 Å². The van der Waals surface area contributed by atoms with E-state index < -0.39 is 5.69 Å². The number of unbranched alkanes of at least 4 members (excludes halogenated alkanes) is 1. The summed E-state index contributed by atoms with van der Waals surface area (Å²) in [4.78, 5) is 39.1. The summed E-state index contributed by atoms with van der Waals surface area (Å²) in [6.07, 6.45) is 1.56. The highest BCUT2D eigenvalue weighted by Gasteiger charge is 2.07. The first-order valence-corrected chi connectivity index (χ1v) is 8.67. The summed E-state index contributed by atoms with van der Waals surface area (Å²) in [5.74, 6) is -0.0337. The molecule has 0 bridgehead atoms. The number of para-hydroxylation sites is 1. The Hall–Kier alpha value is -3.15. The molecule has 6 heteroatoms. The Morgan fingerprint density at radius 2 is 1.69 bits per heavy atom. The van der Waals surface area contributed by atoms with E-state index in [1.807, 2.05) is 30.3 Å². The average molecular weight is 351 g/mol. The zero-order chi connectivity index (χ0) is 18.4. The van der Waals surface area contributed by atoms with Crippen LogP contribution in [0.2, 0.25) is 0 Å². The minimum Gasteiger partial charge on any atom is -0.352 e. The SMILES string of the molecule is O=C(CCCCn1c(=O)[nH]c2ccccc2c1=O)NCc1ccccc1. The molecule has 2 N–H and O–H groups in total. The first-order valence-electron chi connectivity index (χ1n) is 8.67. The molecule has 0 saturated heterocycles. The quantitative estimate of drug-likeness (QED) is 0.640. The normalized spacial score (nSPS) is 10.8. The van der Waals surface area contributed by atoms with Gasteiger partial charge in [-0.05, 0) is 30.5 Å². The zero-order valence-corrected chi connectivity index (χ0v) is 14.4. The summed E-state index contributed by atoms with van der Waals surface area (Å²) >= 11 is 0. The lowest BCUT2D eigenvalue weighted by Gasteiger charge is -2.07. The van der Waals surface area contributed by atoms with E-state index >= 15 is 0 Å². The number of hydrogen-bond acceptors (Lipinski definition) is 3. The van der Waals surface area contributed by atoms with Crippen LogP contribution in [-0.4, -0.2) is 15.5 Å². The largest absolute Gasteiger partial charge is 0.352 e. The Balaban J connectivity index is 1.51. The first-order chi connectivity index (χ1) is 12.6. The van der Waals surface area contributed by atoms with Gasteiger partial charge in [-0.15, -0.1) is 0 Å². The van der Waals surface area contributed by atoms with Crippen LogP contribution >= 0.6 is 0 Å². The fourth-order valence-corrected chi connectivity index (χ4v) is 2.84. The number of hydrogen-bond donors (Lipinski definition) is 2. The van der Waals surface area contributed by atoms with Gasteiger partial charge in [-0.25, -0.2) is 4.79 Å². The van der Waals surface area contributed by atoms with Crippen LogP contribution in [0.5, 0.6) is 0 Å². The van der Waals surface area contributed by atoms with Gasteiger partial charge in [-0.2, -0.15) is 0 Å². The van der Waals surface area contributed by atoms with Crippen LogP contribution in [0.3, 0.4) is 0 Å². The fraction of sp³-hybridized carbons (Fsp3) is 0.250. The molecule has 0 aliphatic rings. The fourth-order valence-electron chi connectivity index (χ4n) is 2.84. The molecule has 134 valence electrons. The molecule has 3 aromatic rings. The molecule has 0 unspecified atom stereocenters. The highest BCUT2D eigenvalue weighted by Crippen LogP contribution is 2.04. The van der Waals surface area contributed by atoms with E-state index in [9.17, 15) is 14.4 Å². The molecular formula is C20H21N3O3. The van der Waals surface area contributed by atoms with Crippen molar-refractivity contribution in [3.05, 3.63) is 81.0 Å². The summed E-state index contributed by atoms with van der Waals surface area (Å²) in [6.45, 7) is 0.800. The number of aromatic amines is 1. The molecule has 0 radical (unpaired) electrons. The van der Waals surface area contributed by atoms with Gasteiger partial charge in [0, 0.05) is 19.5 Å². The van der Waals surface area contributed by atoms with Crippen molar-refractivity contribution in [3.8, 4) is 0 Å². The predicted molar refractivity (Wildman–Crippen MR) is 101 cm³/mol. The highest BCUT2D eigenvalue weighted by molar-refractivity contribution is 5.77. The number of nitrogens with zero attached hydrogens (tertiary/aromatic N) is 1. The molecule has 3 rings (SSSR count). The molecule has 0 aliphatic carbocycles. The third kappa shape index (κ3) is 4.27. The van der Waals surface area contributed by atoms with Gasteiger partial charge in [0.1, 0.15) is 0 Å². The van der Waals surface area contributed by atoms with Crippen LogP contribution in [0.15, 0.2) is 64.2 Å². The van der Waals surface area contributed by atoms with Gasteiger partial charge in [0.05, 0.1) is 10.9 Å². The van der Waals surface area contributed by atoms with Crippen molar-refractivity contribution >= 4 is 16.8 Å². The number of aromatic nitrogens is 2. The number of carbonyl (C=O) groups excluding carboxylic acids is 1. The number of H-pyrrole nitrogens is 1. The summed E-state index contributed by atoms with van der Waals surface area (Å²) in [6, 6.07) is 16.7. The topological polar surface area (TPSA) is 84.0 Å². The van der Waals surface area contributed by atoms with E-state index in [0.29, 0.717) is 43.3 Å². The van der Waals surface area contributed by atoms with Gasteiger partial charge in [0.15, 0.2) is 0 Å². The van der Waals surface area contributed by atoms with Gasteiger partial charge >= 0.3 is 5.69 Å². The van der Waals surface area contributed by atoms with E-state index in [1.165, 1.54) is 4.57 Å². The lowest BCUT2D eigenvalue weighted by Crippen LogP contribution is -2.35. The average Bonchev–Trinajstić information content (AvgIpc) is 2.66. The second kappa shape index (κ2) is 8.29. The van der Waals surface area contributed by atoms with Crippen LogP contribution < -0.4 is 16.6 Å². The second-order valence-corrected chi connectivity index (χ2v) is 6.15.